The number of aromatic nitrogens is 2. The Bertz CT molecular complexity index is 659. The number of hydrogen-bond acceptors (Lipinski definition) is 4. The second-order valence-electron chi connectivity index (χ2n) is 4.70. The van der Waals surface area contributed by atoms with Crippen LogP contribution < -0.4 is 4.90 Å². The number of nitriles is 1. The predicted octanol–water partition coefficient (Wildman–Crippen LogP) is 3.25. The van der Waals surface area contributed by atoms with E-state index >= 15 is 0 Å². The van der Waals surface area contributed by atoms with Crippen LogP contribution >= 0.6 is 11.6 Å². The zero-order valence-corrected chi connectivity index (χ0v) is 12.4. The van der Waals surface area contributed by atoms with Gasteiger partial charge in [-0.25, -0.2) is 0 Å². The lowest BCUT2D eigenvalue weighted by atomic mass is 10.1. The number of nitrogens with zero attached hydrogens (tertiary/aromatic N) is 4. The summed E-state index contributed by atoms with van der Waals surface area (Å²) in [7, 11) is 1.90. The fourth-order valence-corrected chi connectivity index (χ4v) is 2.06. The number of halogens is 1. The van der Waals surface area contributed by atoms with Crippen LogP contribution in [0.3, 0.4) is 0 Å². The Kier molecular flexibility index (Phi) is 4.21. The first-order valence-corrected chi connectivity index (χ1v) is 6.60. The molecule has 0 saturated carbocycles. The van der Waals surface area contributed by atoms with E-state index in [0.29, 0.717) is 22.9 Å². The summed E-state index contributed by atoms with van der Waals surface area (Å²) in [4.78, 5) is 1.92. The van der Waals surface area contributed by atoms with Gasteiger partial charge in [0.05, 0.1) is 5.69 Å². The van der Waals surface area contributed by atoms with Crippen molar-refractivity contribution in [2.75, 3.05) is 11.9 Å². The minimum Gasteiger partial charge on any atom is -0.353 e. The molecule has 1 heterocycles. The molecule has 5 heteroatoms. The second kappa shape index (κ2) is 5.89. The molecular weight excluding hydrogens is 272 g/mol. The summed E-state index contributed by atoms with van der Waals surface area (Å²) in [6.45, 7) is 4.39. The molecule has 0 atom stereocenters. The molecule has 0 aliphatic carbocycles. The quantitative estimate of drug-likeness (QED) is 0.869. The molecule has 1 aromatic carbocycles. The minimum absolute atomic E-state index is 0.578. The molecule has 102 valence electrons. The van der Waals surface area contributed by atoms with Gasteiger partial charge in [-0.3, -0.25) is 0 Å². The molecule has 0 saturated heterocycles. The van der Waals surface area contributed by atoms with Gasteiger partial charge >= 0.3 is 0 Å². The highest BCUT2D eigenvalue weighted by atomic mass is 35.5. The largest absolute Gasteiger partial charge is 0.353 e. The first-order valence-electron chi connectivity index (χ1n) is 6.22. The summed E-state index contributed by atoms with van der Waals surface area (Å²) in [5.41, 5.74) is 3.33. The van der Waals surface area contributed by atoms with Crippen molar-refractivity contribution in [3.8, 4) is 6.07 Å². The molecule has 20 heavy (non-hydrogen) atoms. The third kappa shape index (κ3) is 2.89. The molecule has 0 aliphatic heterocycles. The second-order valence-corrected chi connectivity index (χ2v) is 5.14. The van der Waals surface area contributed by atoms with Gasteiger partial charge < -0.3 is 4.90 Å². The van der Waals surface area contributed by atoms with E-state index in [1.165, 1.54) is 0 Å². The molecule has 0 aliphatic rings. The summed E-state index contributed by atoms with van der Waals surface area (Å²) in [5.74, 6) is 0.602. The van der Waals surface area contributed by atoms with Crippen molar-refractivity contribution < 1.29 is 0 Å². The van der Waals surface area contributed by atoms with Gasteiger partial charge in [-0.15, -0.1) is 5.10 Å². The van der Waals surface area contributed by atoms with Crippen LogP contribution in [0, 0.1) is 25.2 Å². The van der Waals surface area contributed by atoms with Crippen LogP contribution in [0.25, 0.3) is 0 Å². The molecule has 1 aromatic heterocycles. The Morgan fingerprint density at radius 2 is 1.85 bits per heavy atom. The zero-order chi connectivity index (χ0) is 14.7. The SMILES string of the molecule is Cc1nnc(N(C)Cc2ccc(Cl)cc2)c(C#N)c1C. The maximum atomic E-state index is 9.31. The van der Waals surface area contributed by atoms with Gasteiger partial charge in [-0.2, -0.15) is 10.4 Å². The van der Waals surface area contributed by atoms with Gasteiger partial charge in [0.2, 0.25) is 0 Å². The molecule has 0 N–H and O–H groups in total. The molecule has 2 rings (SSSR count). The summed E-state index contributed by atoms with van der Waals surface area (Å²) < 4.78 is 0. The van der Waals surface area contributed by atoms with Crippen LogP contribution in [0.15, 0.2) is 24.3 Å². The smallest absolute Gasteiger partial charge is 0.169 e. The molecule has 0 unspecified atom stereocenters. The number of anilines is 1. The molecule has 0 bridgehead atoms. The van der Waals surface area contributed by atoms with E-state index in [1.807, 2.05) is 50.1 Å². The molecule has 0 radical (unpaired) electrons. The highest BCUT2D eigenvalue weighted by molar-refractivity contribution is 6.30. The van der Waals surface area contributed by atoms with E-state index < -0.39 is 0 Å². The lowest BCUT2D eigenvalue weighted by Gasteiger charge is -2.20. The average molecular weight is 287 g/mol. The van der Waals surface area contributed by atoms with Crippen LogP contribution in [0.4, 0.5) is 5.82 Å². The van der Waals surface area contributed by atoms with Crippen molar-refractivity contribution in [2.24, 2.45) is 0 Å². The maximum Gasteiger partial charge on any atom is 0.169 e. The molecular formula is C15H15ClN4. The topological polar surface area (TPSA) is 52.8 Å². The standard InChI is InChI=1S/C15H15ClN4/c1-10-11(2)18-19-15(14(10)8-17)20(3)9-12-4-6-13(16)7-5-12/h4-7H,9H2,1-3H3. The van der Waals surface area contributed by atoms with Crippen molar-refractivity contribution >= 4 is 17.4 Å². The van der Waals surface area contributed by atoms with Crippen molar-refractivity contribution in [1.82, 2.24) is 10.2 Å². The van der Waals surface area contributed by atoms with Crippen LogP contribution in [-0.2, 0) is 6.54 Å². The van der Waals surface area contributed by atoms with Crippen molar-refractivity contribution in [3.63, 3.8) is 0 Å². The lowest BCUT2D eigenvalue weighted by molar-refractivity contribution is 0.846. The lowest BCUT2D eigenvalue weighted by Crippen LogP contribution is -2.20. The fourth-order valence-electron chi connectivity index (χ4n) is 1.94. The van der Waals surface area contributed by atoms with Gasteiger partial charge in [0.25, 0.3) is 0 Å². The van der Waals surface area contributed by atoms with E-state index in [9.17, 15) is 5.26 Å². The Balaban J connectivity index is 2.30. The highest BCUT2D eigenvalue weighted by Gasteiger charge is 2.14. The molecule has 0 amide bonds. The Morgan fingerprint density at radius 3 is 2.45 bits per heavy atom. The van der Waals surface area contributed by atoms with Gasteiger partial charge in [0, 0.05) is 18.6 Å². The maximum absolute atomic E-state index is 9.31. The number of rotatable bonds is 3. The molecule has 0 spiro atoms. The normalized spacial score (nSPS) is 10.2. The van der Waals surface area contributed by atoms with E-state index in [0.717, 1.165) is 16.8 Å². The summed E-state index contributed by atoms with van der Waals surface area (Å²) in [6, 6.07) is 9.83. The Hall–Kier alpha value is -2.12. The monoisotopic (exact) mass is 286 g/mol. The van der Waals surface area contributed by atoms with Gasteiger partial charge in [0.1, 0.15) is 11.6 Å². The zero-order valence-electron chi connectivity index (χ0n) is 11.7. The van der Waals surface area contributed by atoms with Crippen LogP contribution in [0.5, 0.6) is 0 Å². The number of aryl methyl sites for hydroxylation is 1. The van der Waals surface area contributed by atoms with Crippen molar-refractivity contribution in [2.45, 2.75) is 20.4 Å². The van der Waals surface area contributed by atoms with Gasteiger partial charge in [-0.1, -0.05) is 23.7 Å². The predicted molar refractivity (Wildman–Crippen MR) is 79.8 cm³/mol. The minimum atomic E-state index is 0.578. The van der Waals surface area contributed by atoms with E-state index in [-0.39, 0.29) is 0 Å². The average Bonchev–Trinajstić information content (AvgIpc) is 2.44. The summed E-state index contributed by atoms with van der Waals surface area (Å²) in [6.07, 6.45) is 0. The third-order valence-electron chi connectivity index (χ3n) is 3.24. The summed E-state index contributed by atoms with van der Waals surface area (Å²) >= 11 is 5.87. The van der Waals surface area contributed by atoms with Crippen molar-refractivity contribution in [3.05, 3.63) is 51.7 Å². The van der Waals surface area contributed by atoms with E-state index in [2.05, 4.69) is 16.3 Å². The molecule has 0 fully saturated rings. The Morgan fingerprint density at radius 1 is 1.20 bits per heavy atom. The van der Waals surface area contributed by atoms with E-state index in [1.54, 1.807) is 0 Å². The number of hydrogen-bond donors (Lipinski definition) is 0. The number of benzene rings is 1. The fraction of sp³-hybridized carbons (Fsp3) is 0.267. The van der Waals surface area contributed by atoms with Crippen LogP contribution in [0.2, 0.25) is 5.02 Å². The Labute approximate surface area is 123 Å². The highest BCUT2D eigenvalue weighted by Crippen LogP contribution is 2.22. The van der Waals surface area contributed by atoms with Crippen molar-refractivity contribution in [1.29, 1.82) is 5.26 Å². The van der Waals surface area contributed by atoms with Gasteiger partial charge in [-0.05, 0) is 37.1 Å². The van der Waals surface area contributed by atoms with E-state index in [4.69, 9.17) is 11.6 Å². The summed E-state index contributed by atoms with van der Waals surface area (Å²) in [5, 5.41) is 18.3. The first-order chi connectivity index (χ1) is 9.52. The van der Waals surface area contributed by atoms with Crippen LogP contribution in [0.1, 0.15) is 22.4 Å². The molecule has 4 nitrogen and oxygen atoms in total. The third-order valence-corrected chi connectivity index (χ3v) is 3.49. The molecule has 2 aromatic rings. The van der Waals surface area contributed by atoms with Crippen LogP contribution in [-0.4, -0.2) is 17.2 Å². The van der Waals surface area contributed by atoms with Gasteiger partial charge in [0.15, 0.2) is 5.82 Å². The first kappa shape index (κ1) is 14.3.